The highest BCUT2D eigenvalue weighted by molar-refractivity contribution is 6.64. The second-order valence-electron chi connectivity index (χ2n) is 2.20. The highest BCUT2D eigenvalue weighted by atomic mass is 19.4. The maximum atomic E-state index is 11.5. The summed E-state index contributed by atoms with van der Waals surface area (Å²) in [6.07, 6.45) is 3.51. The third-order valence-corrected chi connectivity index (χ3v) is 1.08. The smallest absolute Gasteiger partial charge is 0.445 e. The van der Waals surface area contributed by atoms with Crippen molar-refractivity contribution in [2.24, 2.45) is 0 Å². The van der Waals surface area contributed by atoms with Crippen LogP contribution < -0.4 is 0 Å². The Hall–Kier alpha value is -0.405. The van der Waals surface area contributed by atoms with Crippen LogP contribution in [-0.2, 0) is 0 Å². The second-order valence-corrected chi connectivity index (χ2v) is 2.20. The Morgan fingerprint density at radius 2 is 1.90 bits per heavy atom. The molecular formula is C6H11BF3-. The average Bonchev–Trinajstić information content (AvgIpc) is 1.78. The van der Waals surface area contributed by atoms with E-state index in [0.29, 0.717) is 12.4 Å². The first kappa shape index (κ1) is 9.59. The predicted octanol–water partition coefficient (Wildman–Crippen LogP) is 3.12. The molecule has 0 atom stereocenters. The van der Waals surface area contributed by atoms with E-state index >= 15 is 0 Å². The SMILES string of the molecule is CCCCC=C[B-](F)(F)F. The van der Waals surface area contributed by atoms with E-state index in [0.717, 1.165) is 12.8 Å². The molecule has 0 nitrogen and oxygen atoms in total. The summed E-state index contributed by atoms with van der Waals surface area (Å²) in [4.78, 5) is 0. The van der Waals surface area contributed by atoms with E-state index in [4.69, 9.17) is 0 Å². The lowest BCUT2D eigenvalue weighted by Crippen LogP contribution is -2.09. The molecule has 0 radical (unpaired) electrons. The Kier molecular flexibility index (Phi) is 4.24. The lowest BCUT2D eigenvalue weighted by Gasteiger charge is -2.05. The molecule has 0 N–H and O–H groups in total. The average molecular weight is 151 g/mol. The van der Waals surface area contributed by atoms with Gasteiger partial charge in [-0.2, -0.15) is 0 Å². The molecule has 0 saturated heterocycles. The van der Waals surface area contributed by atoms with Crippen molar-refractivity contribution in [3.05, 3.63) is 12.1 Å². The quantitative estimate of drug-likeness (QED) is 0.427. The standard InChI is InChI=1S/C6H11BF3/c1-2-3-4-5-6-7(8,9)10/h5-6H,2-4H2,1H3/q-1. The van der Waals surface area contributed by atoms with Crippen molar-refractivity contribution < 1.29 is 12.9 Å². The molecule has 4 heteroatoms. The van der Waals surface area contributed by atoms with Gasteiger partial charge in [0.2, 0.25) is 0 Å². The predicted molar refractivity (Wildman–Crippen MR) is 37.7 cm³/mol. The van der Waals surface area contributed by atoms with Crippen LogP contribution in [0.2, 0.25) is 0 Å². The first-order chi connectivity index (χ1) is 4.56. The van der Waals surface area contributed by atoms with E-state index in [1.807, 2.05) is 6.92 Å². The summed E-state index contributed by atoms with van der Waals surface area (Å²) in [6.45, 7) is -2.75. The van der Waals surface area contributed by atoms with Crippen LogP contribution in [0.25, 0.3) is 0 Å². The molecule has 0 aliphatic heterocycles. The molecule has 0 bridgehead atoms. The molecule has 0 aliphatic carbocycles. The van der Waals surface area contributed by atoms with E-state index in [1.54, 1.807) is 0 Å². The minimum absolute atomic E-state index is 0.357. The number of hydrogen-bond acceptors (Lipinski definition) is 0. The van der Waals surface area contributed by atoms with Gasteiger partial charge in [-0.25, -0.2) is 0 Å². The maximum absolute atomic E-state index is 11.5. The summed E-state index contributed by atoms with van der Waals surface area (Å²) in [5, 5.41) is 0. The van der Waals surface area contributed by atoms with Crippen LogP contribution in [-0.4, -0.2) is 6.98 Å². The van der Waals surface area contributed by atoms with Gasteiger partial charge in [0.1, 0.15) is 0 Å². The Bertz CT molecular complexity index is 106. The molecule has 10 heavy (non-hydrogen) atoms. The van der Waals surface area contributed by atoms with E-state index in [1.165, 1.54) is 6.08 Å². The van der Waals surface area contributed by atoms with Gasteiger partial charge in [0.15, 0.2) is 0 Å². The molecule has 60 valence electrons. The van der Waals surface area contributed by atoms with Crippen LogP contribution in [0, 0.1) is 0 Å². The molecule has 0 amide bonds. The van der Waals surface area contributed by atoms with Gasteiger partial charge in [-0.15, -0.1) is 12.1 Å². The molecule has 0 aliphatic rings. The maximum Gasteiger partial charge on any atom is 0.502 e. The lowest BCUT2D eigenvalue weighted by molar-refractivity contribution is 0.498. The number of rotatable bonds is 4. The van der Waals surface area contributed by atoms with Crippen molar-refractivity contribution in [2.75, 3.05) is 0 Å². The first-order valence-electron chi connectivity index (χ1n) is 3.44. The van der Waals surface area contributed by atoms with Gasteiger partial charge in [0, 0.05) is 0 Å². The zero-order chi connectivity index (χ0) is 8.04. The molecule has 0 aromatic heterocycles. The largest absolute Gasteiger partial charge is 0.502 e. The van der Waals surface area contributed by atoms with E-state index < -0.39 is 6.98 Å². The first-order valence-corrected chi connectivity index (χ1v) is 3.44. The molecule has 0 aromatic rings. The molecule has 0 rings (SSSR count). The van der Waals surface area contributed by atoms with Crippen LogP contribution in [0.5, 0.6) is 0 Å². The minimum Gasteiger partial charge on any atom is -0.445 e. The summed E-state index contributed by atoms with van der Waals surface area (Å²) in [5.41, 5.74) is 0. The molecule has 0 unspecified atom stereocenters. The number of allylic oxidation sites excluding steroid dienone is 1. The van der Waals surface area contributed by atoms with Crippen LogP contribution in [0.1, 0.15) is 26.2 Å². The zero-order valence-corrected chi connectivity index (χ0v) is 5.99. The highest BCUT2D eigenvalue weighted by Gasteiger charge is 2.16. The van der Waals surface area contributed by atoms with Gasteiger partial charge in [-0.05, 0) is 6.42 Å². The van der Waals surface area contributed by atoms with Gasteiger partial charge < -0.3 is 12.9 Å². The third kappa shape index (κ3) is 7.59. The van der Waals surface area contributed by atoms with Crippen molar-refractivity contribution in [2.45, 2.75) is 26.2 Å². The topological polar surface area (TPSA) is 0 Å². The van der Waals surface area contributed by atoms with Gasteiger partial charge in [-0.3, -0.25) is 0 Å². The fourth-order valence-corrected chi connectivity index (χ4v) is 0.573. The number of hydrogen-bond donors (Lipinski definition) is 0. The van der Waals surface area contributed by atoms with E-state index in [9.17, 15) is 12.9 Å². The second kappa shape index (κ2) is 4.42. The fraction of sp³-hybridized carbons (Fsp3) is 0.667. The summed E-state index contributed by atoms with van der Waals surface area (Å²) < 4.78 is 34.4. The Morgan fingerprint density at radius 3 is 2.30 bits per heavy atom. The van der Waals surface area contributed by atoms with Gasteiger partial charge >= 0.3 is 6.98 Å². The summed E-state index contributed by atoms with van der Waals surface area (Å²) >= 11 is 0. The fourth-order valence-electron chi connectivity index (χ4n) is 0.573. The zero-order valence-electron chi connectivity index (χ0n) is 5.99. The monoisotopic (exact) mass is 151 g/mol. The summed E-state index contributed by atoms with van der Waals surface area (Å²) in [5.74, 6) is 0.357. The summed E-state index contributed by atoms with van der Waals surface area (Å²) in [7, 11) is 0. The Labute approximate surface area is 59.2 Å². The van der Waals surface area contributed by atoms with E-state index in [-0.39, 0.29) is 0 Å². The molecule has 0 fully saturated rings. The van der Waals surface area contributed by atoms with E-state index in [2.05, 4.69) is 0 Å². The lowest BCUT2D eigenvalue weighted by atomic mass is 9.91. The third-order valence-electron chi connectivity index (χ3n) is 1.08. The highest BCUT2D eigenvalue weighted by Crippen LogP contribution is 2.10. The van der Waals surface area contributed by atoms with Crippen molar-refractivity contribution in [1.29, 1.82) is 0 Å². The van der Waals surface area contributed by atoms with Crippen molar-refractivity contribution in [1.82, 2.24) is 0 Å². The van der Waals surface area contributed by atoms with Gasteiger partial charge in [0.25, 0.3) is 0 Å². The minimum atomic E-state index is -4.70. The van der Waals surface area contributed by atoms with Crippen molar-refractivity contribution in [3.63, 3.8) is 0 Å². The van der Waals surface area contributed by atoms with Crippen LogP contribution >= 0.6 is 0 Å². The van der Waals surface area contributed by atoms with Gasteiger partial charge in [0.05, 0.1) is 0 Å². The summed E-state index contributed by atoms with van der Waals surface area (Å²) in [6, 6.07) is 0. The molecule has 0 saturated carbocycles. The van der Waals surface area contributed by atoms with Crippen LogP contribution in [0.3, 0.4) is 0 Å². The van der Waals surface area contributed by atoms with Crippen molar-refractivity contribution in [3.8, 4) is 0 Å². The molecule has 0 spiro atoms. The Balaban J connectivity index is 3.37. The number of unbranched alkanes of at least 4 members (excludes halogenated alkanes) is 2. The normalized spacial score (nSPS) is 12.8. The van der Waals surface area contributed by atoms with Gasteiger partial charge in [-0.1, -0.05) is 19.8 Å². The van der Waals surface area contributed by atoms with Crippen LogP contribution in [0.4, 0.5) is 12.9 Å². The van der Waals surface area contributed by atoms with Crippen LogP contribution in [0.15, 0.2) is 12.1 Å². The Morgan fingerprint density at radius 1 is 1.30 bits per heavy atom. The molecular weight excluding hydrogens is 140 g/mol. The van der Waals surface area contributed by atoms with Crippen molar-refractivity contribution >= 4 is 6.98 Å². The number of halogens is 3. The molecule has 0 aromatic carbocycles. The molecule has 0 heterocycles.